The van der Waals surface area contributed by atoms with Crippen LogP contribution in [0.25, 0.3) is 0 Å². The van der Waals surface area contributed by atoms with Gasteiger partial charge in [-0.05, 0) is 13.1 Å². The SMILES string of the molecule is CNC(=O)CN(C)Cc1cc(Cl)cc(OC)c1O. The van der Waals surface area contributed by atoms with E-state index in [0.29, 0.717) is 22.9 Å². The first-order chi connectivity index (χ1) is 8.47. The number of likely N-dealkylation sites (N-methyl/N-ethyl adjacent to an activating group) is 2. The Morgan fingerprint density at radius 3 is 2.78 bits per heavy atom. The van der Waals surface area contributed by atoms with Gasteiger partial charge in [0.15, 0.2) is 11.5 Å². The molecule has 0 unspecified atom stereocenters. The van der Waals surface area contributed by atoms with Crippen molar-refractivity contribution >= 4 is 17.5 Å². The van der Waals surface area contributed by atoms with Crippen LogP contribution in [0.1, 0.15) is 5.56 Å². The molecule has 0 saturated carbocycles. The van der Waals surface area contributed by atoms with Gasteiger partial charge in [-0.25, -0.2) is 0 Å². The summed E-state index contributed by atoms with van der Waals surface area (Å²) < 4.78 is 5.02. The van der Waals surface area contributed by atoms with Gasteiger partial charge < -0.3 is 15.2 Å². The molecule has 0 radical (unpaired) electrons. The number of hydrogen-bond acceptors (Lipinski definition) is 4. The number of halogens is 1. The molecule has 0 bridgehead atoms. The molecule has 0 aliphatic rings. The van der Waals surface area contributed by atoms with Crippen molar-refractivity contribution in [3.05, 3.63) is 22.7 Å². The maximum absolute atomic E-state index is 11.2. The number of phenols is 1. The third-order valence-electron chi connectivity index (χ3n) is 2.47. The lowest BCUT2D eigenvalue weighted by Crippen LogP contribution is -2.32. The highest BCUT2D eigenvalue weighted by Crippen LogP contribution is 2.33. The number of ether oxygens (including phenoxy) is 1. The predicted molar refractivity (Wildman–Crippen MR) is 70.1 cm³/mol. The summed E-state index contributed by atoms with van der Waals surface area (Å²) in [6.45, 7) is 0.640. The standard InChI is InChI=1S/C12H17ClN2O3/c1-14-11(16)7-15(2)6-8-4-9(13)5-10(18-3)12(8)17/h4-5,17H,6-7H2,1-3H3,(H,14,16). The average molecular weight is 273 g/mol. The number of nitrogens with one attached hydrogen (secondary N) is 1. The molecule has 0 saturated heterocycles. The van der Waals surface area contributed by atoms with Crippen LogP contribution in [0.4, 0.5) is 0 Å². The number of phenolic OH excluding ortho intramolecular Hbond substituents is 1. The van der Waals surface area contributed by atoms with E-state index in [-0.39, 0.29) is 18.2 Å². The van der Waals surface area contributed by atoms with Crippen molar-refractivity contribution in [3.8, 4) is 11.5 Å². The van der Waals surface area contributed by atoms with Gasteiger partial charge in [-0.1, -0.05) is 11.6 Å². The minimum atomic E-state index is -0.0917. The zero-order valence-electron chi connectivity index (χ0n) is 10.7. The topological polar surface area (TPSA) is 61.8 Å². The molecule has 100 valence electrons. The molecule has 0 heterocycles. The van der Waals surface area contributed by atoms with Crippen LogP contribution in [-0.2, 0) is 11.3 Å². The normalized spacial score (nSPS) is 10.5. The number of rotatable bonds is 5. The van der Waals surface area contributed by atoms with E-state index in [1.165, 1.54) is 7.11 Å². The third kappa shape index (κ3) is 3.78. The zero-order chi connectivity index (χ0) is 13.7. The molecule has 0 spiro atoms. The van der Waals surface area contributed by atoms with Crippen LogP contribution in [0.2, 0.25) is 5.02 Å². The summed E-state index contributed by atoms with van der Waals surface area (Å²) in [5, 5.41) is 13.0. The maximum Gasteiger partial charge on any atom is 0.233 e. The highest BCUT2D eigenvalue weighted by atomic mass is 35.5. The smallest absolute Gasteiger partial charge is 0.233 e. The summed E-state index contributed by atoms with van der Waals surface area (Å²) >= 11 is 5.93. The van der Waals surface area contributed by atoms with Crippen LogP contribution in [0.5, 0.6) is 11.5 Å². The second-order valence-corrected chi connectivity index (χ2v) is 4.40. The minimum absolute atomic E-state index is 0.0469. The fourth-order valence-corrected chi connectivity index (χ4v) is 1.81. The molecule has 1 aromatic carbocycles. The Hall–Kier alpha value is -1.46. The molecule has 1 aromatic rings. The van der Waals surface area contributed by atoms with Crippen LogP contribution in [0.15, 0.2) is 12.1 Å². The Labute approximate surface area is 111 Å². The summed E-state index contributed by atoms with van der Waals surface area (Å²) in [5.74, 6) is 0.280. The maximum atomic E-state index is 11.2. The molecule has 0 fully saturated rings. The van der Waals surface area contributed by atoms with Gasteiger partial charge >= 0.3 is 0 Å². The number of benzene rings is 1. The summed E-state index contributed by atoms with van der Waals surface area (Å²) in [6.07, 6.45) is 0. The minimum Gasteiger partial charge on any atom is -0.504 e. The van der Waals surface area contributed by atoms with Crippen molar-refractivity contribution in [2.75, 3.05) is 27.7 Å². The number of methoxy groups -OCH3 is 1. The van der Waals surface area contributed by atoms with Crippen LogP contribution in [-0.4, -0.2) is 43.7 Å². The molecule has 1 amide bonds. The van der Waals surface area contributed by atoms with E-state index in [1.54, 1.807) is 31.1 Å². The lowest BCUT2D eigenvalue weighted by Gasteiger charge is -2.17. The van der Waals surface area contributed by atoms with E-state index < -0.39 is 0 Å². The van der Waals surface area contributed by atoms with E-state index in [4.69, 9.17) is 16.3 Å². The van der Waals surface area contributed by atoms with Crippen LogP contribution in [0, 0.1) is 0 Å². The predicted octanol–water partition coefficient (Wildman–Crippen LogP) is 1.23. The monoisotopic (exact) mass is 272 g/mol. The first-order valence-corrected chi connectivity index (χ1v) is 5.80. The van der Waals surface area contributed by atoms with Crippen LogP contribution in [0.3, 0.4) is 0 Å². The molecule has 1 rings (SSSR count). The number of nitrogens with zero attached hydrogens (tertiary/aromatic N) is 1. The van der Waals surface area contributed by atoms with Crippen molar-refractivity contribution in [1.29, 1.82) is 0 Å². The second-order valence-electron chi connectivity index (χ2n) is 3.96. The van der Waals surface area contributed by atoms with E-state index in [2.05, 4.69) is 5.32 Å². The summed E-state index contributed by atoms with van der Waals surface area (Å²) in [5.41, 5.74) is 0.616. The summed E-state index contributed by atoms with van der Waals surface area (Å²) in [4.78, 5) is 13.0. The van der Waals surface area contributed by atoms with Crippen molar-refractivity contribution in [2.24, 2.45) is 0 Å². The third-order valence-corrected chi connectivity index (χ3v) is 2.69. The number of amides is 1. The Kier molecular flexibility index (Phi) is 5.25. The van der Waals surface area contributed by atoms with Crippen molar-refractivity contribution in [1.82, 2.24) is 10.2 Å². The highest BCUT2D eigenvalue weighted by Gasteiger charge is 2.13. The van der Waals surface area contributed by atoms with Crippen molar-refractivity contribution in [3.63, 3.8) is 0 Å². The molecule has 2 N–H and O–H groups in total. The van der Waals surface area contributed by atoms with Crippen LogP contribution >= 0.6 is 11.6 Å². The first-order valence-electron chi connectivity index (χ1n) is 5.42. The van der Waals surface area contributed by atoms with Gasteiger partial charge in [-0.2, -0.15) is 0 Å². The Morgan fingerprint density at radius 1 is 1.56 bits per heavy atom. The Bertz CT molecular complexity index is 438. The van der Waals surface area contributed by atoms with Gasteiger partial charge in [-0.15, -0.1) is 0 Å². The fraction of sp³-hybridized carbons (Fsp3) is 0.417. The van der Waals surface area contributed by atoms with Gasteiger partial charge in [-0.3, -0.25) is 9.69 Å². The fourth-order valence-electron chi connectivity index (χ4n) is 1.58. The Morgan fingerprint density at radius 2 is 2.22 bits per heavy atom. The van der Waals surface area contributed by atoms with Crippen LogP contribution < -0.4 is 10.1 Å². The summed E-state index contributed by atoms with van der Waals surface area (Å²) in [7, 11) is 4.82. The van der Waals surface area contributed by atoms with E-state index in [9.17, 15) is 9.90 Å². The molecule has 18 heavy (non-hydrogen) atoms. The molecule has 0 aliphatic heterocycles. The quantitative estimate of drug-likeness (QED) is 0.846. The van der Waals surface area contributed by atoms with E-state index in [1.807, 2.05) is 0 Å². The van der Waals surface area contributed by atoms with Crippen molar-refractivity contribution in [2.45, 2.75) is 6.54 Å². The number of carbonyl (C=O) groups excluding carboxylic acids is 1. The van der Waals surface area contributed by atoms with Gasteiger partial charge in [0.2, 0.25) is 5.91 Å². The molecular weight excluding hydrogens is 256 g/mol. The lowest BCUT2D eigenvalue weighted by molar-refractivity contribution is -0.121. The molecule has 0 atom stereocenters. The number of carbonyl (C=O) groups is 1. The lowest BCUT2D eigenvalue weighted by atomic mass is 10.1. The largest absolute Gasteiger partial charge is 0.504 e. The zero-order valence-corrected chi connectivity index (χ0v) is 11.4. The van der Waals surface area contributed by atoms with Gasteiger partial charge in [0, 0.05) is 30.2 Å². The molecule has 5 nitrogen and oxygen atoms in total. The second kappa shape index (κ2) is 6.47. The van der Waals surface area contributed by atoms with Gasteiger partial charge in [0.05, 0.1) is 13.7 Å². The number of hydrogen-bond donors (Lipinski definition) is 2. The molecule has 0 aliphatic carbocycles. The average Bonchev–Trinajstić information content (AvgIpc) is 2.32. The molecule has 6 heteroatoms. The van der Waals surface area contributed by atoms with Gasteiger partial charge in [0.25, 0.3) is 0 Å². The molecule has 0 aromatic heterocycles. The summed E-state index contributed by atoms with van der Waals surface area (Å²) in [6, 6.07) is 3.19. The first kappa shape index (κ1) is 14.6. The molecular formula is C12H17ClN2O3. The van der Waals surface area contributed by atoms with Gasteiger partial charge in [0.1, 0.15) is 0 Å². The van der Waals surface area contributed by atoms with Crippen molar-refractivity contribution < 1.29 is 14.6 Å². The number of aromatic hydroxyl groups is 1. The highest BCUT2D eigenvalue weighted by molar-refractivity contribution is 6.30. The van der Waals surface area contributed by atoms with E-state index in [0.717, 1.165) is 0 Å². The van der Waals surface area contributed by atoms with E-state index >= 15 is 0 Å². The Balaban J connectivity index is 2.83.